The summed E-state index contributed by atoms with van der Waals surface area (Å²) in [7, 11) is 0. The minimum Gasteiger partial charge on any atom is -0.405 e. The van der Waals surface area contributed by atoms with Crippen molar-refractivity contribution in [1.82, 2.24) is 4.98 Å². The van der Waals surface area contributed by atoms with Crippen molar-refractivity contribution in [2.75, 3.05) is 0 Å². The van der Waals surface area contributed by atoms with Gasteiger partial charge in [0.05, 0.1) is 11.3 Å². The summed E-state index contributed by atoms with van der Waals surface area (Å²) in [5, 5.41) is 0. The highest BCUT2D eigenvalue weighted by Gasteiger charge is 2.33. The summed E-state index contributed by atoms with van der Waals surface area (Å²) in [6.07, 6.45) is -8.19. The van der Waals surface area contributed by atoms with Gasteiger partial charge < -0.3 is 10.5 Å². The molecule has 0 fully saturated rings. The molecular formula is C9H7F5N2O2. The van der Waals surface area contributed by atoms with Crippen LogP contribution in [0.15, 0.2) is 6.07 Å². The first kappa shape index (κ1) is 14.3. The molecule has 18 heavy (non-hydrogen) atoms. The van der Waals surface area contributed by atoms with Crippen molar-refractivity contribution in [1.29, 1.82) is 0 Å². The molecule has 1 rings (SSSR count). The first-order valence-electron chi connectivity index (χ1n) is 4.51. The lowest BCUT2D eigenvalue weighted by Gasteiger charge is -2.14. The maximum absolute atomic E-state index is 12.4. The number of carbonyl (C=O) groups is 1. The van der Waals surface area contributed by atoms with E-state index in [1.165, 1.54) is 0 Å². The molecule has 0 bridgehead atoms. The largest absolute Gasteiger partial charge is 0.573 e. The van der Waals surface area contributed by atoms with Gasteiger partial charge >= 0.3 is 6.36 Å². The molecule has 0 aliphatic rings. The smallest absolute Gasteiger partial charge is 0.405 e. The predicted octanol–water partition coefficient (Wildman–Crippen LogP) is 2.19. The Morgan fingerprint density at radius 3 is 2.44 bits per heavy atom. The molecule has 2 N–H and O–H groups in total. The fourth-order valence-electron chi connectivity index (χ4n) is 1.21. The Bertz CT molecular complexity index is 447. The van der Waals surface area contributed by atoms with Crippen LogP contribution in [0.4, 0.5) is 22.0 Å². The molecular weight excluding hydrogens is 263 g/mol. The molecule has 0 saturated carbocycles. The van der Waals surface area contributed by atoms with E-state index >= 15 is 0 Å². The topological polar surface area (TPSA) is 65.2 Å². The van der Waals surface area contributed by atoms with Crippen LogP contribution in [0.5, 0.6) is 5.75 Å². The van der Waals surface area contributed by atoms with Gasteiger partial charge in [-0.2, -0.15) is 0 Å². The highest BCUT2D eigenvalue weighted by atomic mass is 19.4. The Balaban J connectivity index is 3.35. The van der Waals surface area contributed by atoms with Gasteiger partial charge in [-0.25, -0.2) is 13.8 Å². The van der Waals surface area contributed by atoms with Crippen molar-refractivity contribution in [3.05, 3.63) is 23.0 Å². The van der Waals surface area contributed by atoms with Gasteiger partial charge in [-0.05, 0) is 0 Å². The Hall–Kier alpha value is -1.77. The van der Waals surface area contributed by atoms with Gasteiger partial charge in [-0.15, -0.1) is 13.2 Å². The van der Waals surface area contributed by atoms with E-state index in [2.05, 4.69) is 9.72 Å². The lowest BCUT2D eigenvalue weighted by atomic mass is 10.1. The van der Waals surface area contributed by atoms with Crippen molar-refractivity contribution in [3.8, 4) is 5.75 Å². The van der Waals surface area contributed by atoms with Gasteiger partial charge in [0.1, 0.15) is 11.4 Å². The van der Waals surface area contributed by atoms with E-state index in [0.717, 1.165) is 0 Å². The van der Waals surface area contributed by atoms with Crippen LogP contribution in [-0.4, -0.2) is 17.6 Å². The molecule has 1 heterocycles. The summed E-state index contributed by atoms with van der Waals surface area (Å²) in [6.45, 7) is -0.469. The molecule has 1 aromatic rings. The summed E-state index contributed by atoms with van der Waals surface area (Å²) < 4.78 is 64.5. The quantitative estimate of drug-likeness (QED) is 0.672. The number of rotatable bonds is 4. The molecule has 0 radical (unpaired) electrons. The molecule has 0 amide bonds. The molecule has 0 aromatic carbocycles. The summed E-state index contributed by atoms with van der Waals surface area (Å²) >= 11 is 0. The monoisotopic (exact) mass is 270 g/mol. The highest BCUT2D eigenvalue weighted by molar-refractivity contribution is 5.81. The molecule has 0 spiro atoms. The van der Waals surface area contributed by atoms with Crippen molar-refractivity contribution in [2.24, 2.45) is 5.73 Å². The first-order valence-corrected chi connectivity index (χ1v) is 4.51. The molecule has 9 heteroatoms. The molecule has 100 valence electrons. The number of ether oxygens (including phenoxy) is 1. The van der Waals surface area contributed by atoms with Crippen LogP contribution in [0, 0.1) is 0 Å². The maximum Gasteiger partial charge on any atom is 0.573 e. The third-order valence-corrected chi connectivity index (χ3v) is 1.88. The number of aromatic nitrogens is 1. The second-order valence-corrected chi connectivity index (χ2v) is 3.08. The molecule has 4 nitrogen and oxygen atoms in total. The third-order valence-electron chi connectivity index (χ3n) is 1.88. The zero-order valence-electron chi connectivity index (χ0n) is 8.67. The standard InChI is InChI=1S/C9H7F5N2O2/c10-8(11)5-1-7(18-9(12,13)14)4(3-17)6(2-15)16-5/h1,3,8H,2,15H2. The van der Waals surface area contributed by atoms with E-state index in [1.807, 2.05) is 0 Å². The van der Waals surface area contributed by atoms with Gasteiger partial charge in [0, 0.05) is 12.6 Å². The number of hydrogen-bond acceptors (Lipinski definition) is 4. The number of nitrogens with zero attached hydrogens (tertiary/aromatic N) is 1. The van der Waals surface area contributed by atoms with E-state index in [4.69, 9.17) is 5.73 Å². The van der Waals surface area contributed by atoms with Gasteiger partial charge in [0.25, 0.3) is 6.43 Å². The zero-order chi connectivity index (χ0) is 13.9. The SMILES string of the molecule is NCc1nc(C(F)F)cc(OC(F)(F)F)c1C=O. The van der Waals surface area contributed by atoms with Crippen LogP contribution in [0.2, 0.25) is 0 Å². The Kier molecular flexibility index (Phi) is 4.17. The lowest BCUT2D eigenvalue weighted by Crippen LogP contribution is -2.20. The highest BCUT2D eigenvalue weighted by Crippen LogP contribution is 2.30. The van der Waals surface area contributed by atoms with Crippen molar-refractivity contribution in [2.45, 2.75) is 19.3 Å². The maximum atomic E-state index is 12.4. The van der Waals surface area contributed by atoms with Crippen molar-refractivity contribution >= 4 is 6.29 Å². The van der Waals surface area contributed by atoms with Crippen LogP contribution in [0.1, 0.15) is 28.2 Å². The minimum atomic E-state index is -5.11. The number of pyridine rings is 1. The lowest BCUT2D eigenvalue weighted by molar-refractivity contribution is -0.274. The minimum absolute atomic E-state index is 0.0194. The number of carbonyl (C=O) groups excluding carboxylic acids is 1. The summed E-state index contributed by atoms with van der Waals surface area (Å²) in [5.74, 6) is -1.04. The Labute approximate surface area is 97.6 Å². The zero-order valence-corrected chi connectivity index (χ0v) is 8.67. The molecule has 0 saturated heterocycles. The van der Waals surface area contributed by atoms with E-state index in [9.17, 15) is 26.7 Å². The van der Waals surface area contributed by atoms with E-state index < -0.39 is 36.3 Å². The van der Waals surface area contributed by atoms with Crippen molar-refractivity contribution < 1.29 is 31.5 Å². The van der Waals surface area contributed by atoms with Gasteiger partial charge in [0.2, 0.25) is 0 Å². The van der Waals surface area contributed by atoms with Crippen LogP contribution in [0.25, 0.3) is 0 Å². The normalized spacial score (nSPS) is 11.7. The summed E-state index contributed by atoms with van der Waals surface area (Å²) in [5.41, 5.74) is 3.20. The molecule has 0 atom stereocenters. The van der Waals surface area contributed by atoms with Crippen LogP contribution >= 0.6 is 0 Å². The molecule has 1 aromatic heterocycles. The predicted molar refractivity (Wildman–Crippen MR) is 49.2 cm³/mol. The van der Waals surface area contributed by atoms with Gasteiger partial charge in [0.15, 0.2) is 6.29 Å². The number of aldehydes is 1. The number of hydrogen-bond donors (Lipinski definition) is 1. The Morgan fingerprint density at radius 2 is 2.06 bits per heavy atom. The average Bonchev–Trinajstić information content (AvgIpc) is 2.25. The average molecular weight is 270 g/mol. The second-order valence-electron chi connectivity index (χ2n) is 3.08. The fraction of sp³-hybridized carbons (Fsp3) is 0.333. The van der Waals surface area contributed by atoms with E-state index in [0.29, 0.717) is 6.07 Å². The molecule has 0 unspecified atom stereocenters. The molecule has 0 aliphatic carbocycles. The van der Waals surface area contributed by atoms with E-state index in [1.54, 1.807) is 0 Å². The number of halogens is 5. The van der Waals surface area contributed by atoms with E-state index in [-0.39, 0.29) is 12.0 Å². The molecule has 0 aliphatic heterocycles. The van der Waals surface area contributed by atoms with Crippen LogP contribution in [0.3, 0.4) is 0 Å². The summed E-state index contributed by atoms with van der Waals surface area (Å²) in [4.78, 5) is 13.9. The second kappa shape index (κ2) is 5.25. The fourth-order valence-corrected chi connectivity index (χ4v) is 1.21. The van der Waals surface area contributed by atoms with Gasteiger partial charge in [-0.1, -0.05) is 0 Å². The first-order chi connectivity index (χ1) is 8.28. The van der Waals surface area contributed by atoms with Gasteiger partial charge in [-0.3, -0.25) is 4.79 Å². The third kappa shape index (κ3) is 3.36. The van der Waals surface area contributed by atoms with Crippen LogP contribution < -0.4 is 10.5 Å². The van der Waals surface area contributed by atoms with Crippen LogP contribution in [-0.2, 0) is 6.54 Å². The number of nitrogens with two attached hydrogens (primary N) is 1. The summed E-state index contributed by atoms with van der Waals surface area (Å²) in [6, 6.07) is 0.362. The number of alkyl halides is 5. The Morgan fingerprint density at radius 1 is 1.44 bits per heavy atom. The van der Waals surface area contributed by atoms with Crippen molar-refractivity contribution in [3.63, 3.8) is 0 Å².